The minimum atomic E-state index is -0.413. The van der Waals surface area contributed by atoms with Crippen LogP contribution in [0.2, 0.25) is 5.02 Å². The van der Waals surface area contributed by atoms with Crippen LogP contribution in [0.5, 0.6) is 5.75 Å². The van der Waals surface area contributed by atoms with Crippen LogP contribution in [0.4, 0.5) is 5.95 Å². The van der Waals surface area contributed by atoms with Crippen LogP contribution in [0.1, 0.15) is 0 Å². The van der Waals surface area contributed by atoms with Crippen LogP contribution in [0.25, 0.3) is 6.20 Å². The molecule has 0 atom stereocenters. The Labute approximate surface area is 113 Å². The van der Waals surface area contributed by atoms with Crippen molar-refractivity contribution in [3.05, 3.63) is 35.9 Å². The standard InChI is InChI=1S/C11H10ClN5O2/c1-2-17-15-11(14-16-17)13-10(18)7-19-9-6-4-3-5-8(9)12/h2-6H,1,7H2,(H,13,15,18). The molecule has 1 heterocycles. The Morgan fingerprint density at radius 1 is 1.53 bits per heavy atom. The van der Waals surface area contributed by atoms with Crippen molar-refractivity contribution in [1.29, 1.82) is 0 Å². The van der Waals surface area contributed by atoms with E-state index in [1.54, 1.807) is 24.3 Å². The van der Waals surface area contributed by atoms with Gasteiger partial charge in [0.1, 0.15) is 5.75 Å². The molecule has 98 valence electrons. The van der Waals surface area contributed by atoms with E-state index >= 15 is 0 Å². The summed E-state index contributed by atoms with van der Waals surface area (Å²) in [4.78, 5) is 12.7. The molecule has 1 aromatic heterocycles. The lowest BCUT2D eigenvalue weighted by Gasteiger charge is -2.06. The number of nitrogens with one attached hydrogen (secondary N) is 1. The van der Waals surface area contributed by atoms with E-state index in [2.05, 4.69) is 27.3 Å². The van der Waals surface area contributed by atoms with Gasteiger partial charge in [-0.1, -0.05) is 35.4 Å². The van der Waals surface area contributed by atoms with Crippen LogP contribution in [0, 0.1) is 0 Å². The number of rotatable bonds is 5. The first-order chi connectivity index (χ1) is 9.19. The van der Waals surface area contributed by atoms with Crippen molar-refractivity contribution in [1.82, 2.24) is 20.2 Å². The summed E-state index contributed by atoms with van der Waals surface area (Å²) in [6.45, 7) is 3.25. The highest BCUT2D eigenvalue weighted by Crippen LogP contribution is 2.22. The number of tetrazole rings is 1. The van der Waals surface area contributed by atoms with Gasteiger partial charge in [0.05, 0.1) is 5.02 Å². The van der Waals surface area contributed by atoms with E-state index in [-0.39, 0.29) is 12.6 Å². The van der Waals surface area contributed by atoms with Gasteiger partial charge in [-0.3, -0.25) is 10.1 Å². The maximum absolute atomic E-state index is 11.6. The van der Waals surface area contributed by atoms with Crippen molar-refractivity contribution < 1.29 is 9.53 Å². The van der Waals surface area contributed by atoms with E-state index < -0.39 is 5.91 Å². The fourth-order valence-electron chi connectivity index (χ4n) is 1.22. The number of carbonyl (C=O) groups excluding carboxylic acids is 1. The first kappa shape index (κ1) is 13.0. The minimum Gasteiger partial charge on any atom is -0.482 e. The zero-order valence-corrected chi connectivity index (χ0v) is 10.5. The fourth-order valence-corrected chi connectivity index (χ4v) is 1.41. The number of hydrogen-bond acceptors (Lipinski definition) is 5. The molecule has 19 heavy (non-hydrogen) atoms. The molecule has 0 unspecified atom stereocenters. The SMILES string of the molecule is C=Cn1nnc(NC(=O)COc2ccccc2Cl)n1. The topological polar surface area (TPSA) is 81.9 Å². The number of para-hydroxylation sites is 1. The van der Waals surface area contributed by atoms with Crippen molar-refractivity contribution in [2.75, 3.05) is 11.9 Å². The molecule has 1 amide bonds. The molecule has 0 fully saturated rings. The molecule has 0 bridgehead atoms. The lowest BCUT2D eigenvalue weighted by Crippen LogP contribution is -2.21. The van der Waals surface area contributed by atoms with E-state index in [4.69, 9.17) is 16.3 Å². The van der Waals surface area contributed by atoms with Gasteiger partial charge in [0.25, 0.3) is 11.9 Å². The number of amides is 1. The molecule has 0 aliphatic heterocycles. The highest BCUT2D eigenvalue weighted by atomic mass is 35.5. The molecule has 1 N–H and O–H groups in total. The van der Waals surface area contributed by atoms with Crippen LogP contribution in [0.15, 0.2) is 30.8 Å². The van der Waals surface area contributed by atoms with Crippen molar-refractivity contribution in [3.63, 3.8) is 0 Å². The van der Waals surface area contributed by atoms with E-state index in [9.17, 15) is 4.79 Å². The van der Waals surface area contributed by atoms with Gasteiger partial charge >= 0.3 is 0 Å². The van der Waals surface area contributed by atoms with Gasteiger partial charge in [0, 0.05) is 6.20 Å². The Balaban J connectivity index is 1.88. The molecule has 0 spiro atoms. The Kier molecular flexibility index (Phi) is 4.09. The van der Waals surface area contributed by atoms with Crippen molar-refractivity contribution in [3.8, 4) is 5.75 Å². The molecule has 0 aliphatic rings. The molecule has 7 nitrogen and oxygen atoms in total. The second kappa shape index (κ2) is 5.96. The smallest absolute Gasteiger partial charge is 0.270 e. The average Bonchev–Trinajstić information content (AvgIpc) is 2.85. The molecular weight excluding hydrogens is 270 g/mol. The van der Waals surface area contributed by atoms with Crippen LogP contribution < -0.4 is 10.1 Å². The summed E-state index contributed by atoms with van der Waals surface area (Å²) in [6, 6.07) is 6.87. The Morgan fingerprint density at radius 2 is 2.32 bits per heavy atom. The third kappa shape index (κ3) is 3.52. The van der Waals surface area contributed by atoms with Crippen LogP contribution in [-0.4, -0.2) is 32.7 Å². The maximum Gasteiger partial charge on any atom is 0.270 e. The van der Waals surface area contributed by atoms with Gasteiger partial charge < -0.3 is 4.74 Å². The summed E-state index contributed by atoms with van der Waals surface area (Å²) in [7, 11) is 0. The van der Waals surface area contributed by atoms with Crippen LogP contribution in [0.3, 0.4) is 0 Å². The molecule has 0 radical (unpaired) electrons. The number of halogens is 1. The van der Waals surface area contributed by atoms with Crippen molar-refractivity contribution in [2.24, 2.45) is 0 Å². The van der Waals surface area contributed by atoms with E-state index in [1.165, 1.54) is 6.20 Å². The Hall–Kier alpha value is -2.41. The monoisotopic (exact) mass is 279 g/mol. The normalized spacial score (nSPS) is 9.95. The number of ether oxygens (including phenoxy) is 1. The summed E-state index contributed by atoms with van der Waals surface area (Å²) < 4.78 is 5.26. The Bertz CT molecular complexity index is 598. The third-order valence-corrected chi connectivity index (χ3v) is 2.35. The summed E-state index contributed by atoms with van der Waals surface area (Å²) in [6.07, 6.45) is 1.35. The van der Waals surface area contributed by atoms with Gasteiger partial charge in [-0.25, -0.2) is 0 Å². The second-order valence-corrected chi connectivity index (χ2v) is 3.79. The molecule has 1 aromatic carbocycles. The van der Waals surface area contributed by atoms with Crippen molar-refractivity contribution in [2.45, 2.75) is 0 Å². The van der Waals surface area contributed by atoms with Crippen LogP contribution in [-0.2, 0) is 4.79 Å². The molecule has 0 saturated heterocycles. The first-order valence-corrected chi connectivity index (χ1v) is 5.66. The van der Waals surface area contributed by atoms with Gasteiger partial charge in [0.15, 0.2) is 6.61 Å². The first-order valence-electron chi connectivity index (χ1n) is 5.28. The maximum atomic E-state index is 11.6. The number of carbonyl (C=O) groups is 1. The zero-order chi connectivity index (χ0) is 13.7. The molecule has 2 aromatic rings. The molecule has 8 heteroatoms. The summed E-state index contributed by atoms with van der Waals surface area (Å²) in [5, 5.41) is 13.9. The number of benzene rings is 1. The van der Waals surface area contributed by atoms with E-state index in [1.807, 2.05) is 0 Å². The average molecular weight is 280 g/mol. The fraction of sp³-hybridized carbons (Fsp3) is 0.0909. The largest absolute Gasteiger partial charge is 0.482 e. The number of aromatic nitrogens is 4. The van der Waals surface area contributed by atoms with Crippen LogP contribution >= 0.6 is 11.6 Å². The summed E-state index contributed by atoms with van der Waals surface area (Å²) in [5.74, 6) is 0.0956. The quantitative estimate of drug-likeness (QED) is 0.896. The Morgan fingerprint density at radius 3 is 3.00 bits per heavy atom. The van der Waals surface area contributed by atoms with E-state index in [0.29, 0.717) is 10.8 Å². The zero-order valence-electron chi connectivity index (χ0n) is 9.78. The highest BCUT2D eigenvalue weighted by molar-refractivity contribution is 6.32. The second-order valence-electron chi connectivity index (χ2n) is 3.38. The molecular formula is C11H10ClN5O2. The van der Waals surface area contributed by atoms with Gasteiger partial charge in [0.2, 0.25) is 0 Å². The van der Waals surface area contributed by atoms with Gasteiger partial charge in [-0.05, 0) is 17.3 Å². The minimum absolute atomic E-state index is 0.0765. The summed E-state index contributed by atoms with van der Waals surface area (Å²) >= 11 is 5.88. The van der Waals surface area contributed by atoms with Gasteiger partial charge in [-0.2, -0.15) is 0 Å². The van der Waals surface area contributed by atoms with E-state index in [0.717, 1.165) is 4.80 Å². The molecule has 2 rings (SSSR count). The predicted molar refractivity (Wildman–Crippen MR) is 69.8 cm³/mol. The van der Waals surface area contributed by atoms with Crippen molar-refractivity contribution >= 4 is 29.7 Å². The number of hydrogen-bond donors (Lipinski definition) is 1. The predicted octanol–water partition coefficient (Wildman–Crippen LogP) is 1.44. The lowest BCUT2D eigenvalue weighted by atomic mass is 10.3. The number of anilines is 1. The third-order valence-electron chi connectivity index (χ3n) is 2.04. The lowest BCUT2D eigenvalue weighted by molar-refractivity contribution is -0.118. The number of nitrogens with zero attached hydrogens (tertiary/aromatic N) is 4. The molecule has 0 saturated carbocycles. The van der Waals surface area contributed by atoms with Gasteiger partial charge in [-0.15, -0.1) is 9.90 Å². The highest BCUT2D eigenvalue weighted by Gasteiger charge is 2.08. The summed E-state index contributed by atoms with van der Waals surface area (Å²) in [5.41, 5.74) is 0. The molecule has 0 aliphatic carbocycles.